The molecular formula is C15H23N3O2. The first-order valence-corrected chi connectivity index (χ1v) is 7.11. The Kier molecular flexibility index (Phi) is 4.60. The van der Waals surface area contributed by atoms with E-state index >= 15 is 0 Å². The maximum absolute atomic E-state index is 11.9. The Hall–Kier alpha value is -1.62. The van der Waals surface area contributed by atoms with Crippen molar-refractivity contribution < 1.29 is 9.90 Å². The summed E-state index contributed by atoms with van der Waals surface area (Å²) < 4.78 is 0. The lowest BCUT2D eigenvalue weighted by Gasteiger charge is -2.21. The van der Waals surface area contributed by atoms with Gasteiger partial charge in [0.15, 0.2) is 0 Å². The van der Waals surface area contributed by atoms with Crippen LogP contribution in [0.4, 0.5) is 5.82 Å². The minimum atomic E-state index is -0.789. The van der Waals surface area contributed by atoms with Crippen LogP contribution < -0.4 is 10.2 Å². The van der Waals surface area contributed by atoms with E-state index in [1.165, 1.54) is 0 Å². The highest BCUT2D eigenvalue weighted by molar-refractivity contribution is 5.77. The van der Waals surface area contributed by atoms with Gasteiger partial charge in [-0.05, 0) is 25.0 Å². The van der Waals surface area contributed by atoms with Crippen LogP contribution in [0.25, 0.3) is 0 Å². The van der Waals surface area contributed by atoms with E-state index in [0.29, 0.717) is 6.54 Å². The van der Waals surface area contributed by atoms with Gasteiger partial charge in [0, 0.05) is 14.1 Å². The average molecular weight is 277 g/mol. The number of anilines is 1. The average Bonchev–Trinajstić information content (AvgIpc) is 2.83. The van der Waals surface area contributed by atoms with E-state index in [2.05, 4.69) is 10.3 Å². The number of aromatic nitrogens is 1. The molecule has 1 aromatic heterocycles. The van der Waals surface area contributed by atoms with E-state index in [4.69, 9.17) is 0 Å². The molecule has 0 aromatic carbocycles. The van der Waals surface area contributed by atoms with Gasteiger partial charge in [0.25, 0.3) is 0 Å². The number of nitrogens with zero attached hydrogens (tertiary/aromatic N) is 2. The fourth-order valence-corrected chi connectivity index (χ4v) is 2.57. The summed E-state index contributed by atoms with van der Waals surface area (Å²) in [7, 11) is 3.86. The smallest absolute Gasteiger partial charge is 0.223 e. The molecule has 0 bridgehead atoms. The molecule has 20 heavy (non-hydrogen) atoms. The summed E-state index contributed by atoms with van der Waals surface area (Å²) in [6.45, 7) is 0.399. The van der Waals surface area contributed by atoms with Crippen LogP contribution >= 0.6 is 0 Å². The molecule has 0 radical (unpaired) electrons. The maximum atomic E-state index is 11.9. The quantitative estimate of drug-likeness (QED) is 0.855. The molecule has 1 aliphatic carbocycles. The summed E-state index contributed by atoms with van der Waals surface area (Å²) in [4.78, 5) is 18.3. The zero-order chi connectivity index (χ0) is 14.6. The minimum Gasteiger partial charge on any atom is -0.389 e. The summed E-state index contributed by atoms with van der Waals surface area (Å²) in [6.07, 6.45) is 3.68. The predicted octanol–water partition coefficient (Wildman–Crippen LogP) is 1.46. The Morgan fingerprint density at radius 2 is 2.10 bits per heavy atom. The number of rotatable bonds is 5. The summed E-state index contributed by atoms with van der Waals surface area (Å²) in [5.41, 5.74) is 0.0335. The molecule has 1 aliphatic rings. The monoisotopic (exact) mass is 277 g/mol. The first-order valence-electron chi connectivity index (χ1n) is 7.11. The first kappa shape index (κ1) is 14.8. The highest BCUT2D eigenvalue weighted by Crippen LogP contribution is 2.32. The minimum absolute atomic E-state index is 0.105. The molecule has 0 saturated heterocycles. The molecule has 0 spiro atoms. The van der Waals surface area contributed by atoms with Crippen LogP contribution in [0.1, 0.15) is 37.8 Å². The van der Waals surface area contributed by atoms with E-state index in [0.717, 1.165) is 37.2 Å². The van der Waals surface area contributed by atoms with Crippen molar-refractivity contribution in [1.82, 2.24) is 10.3 Å². The molecule has 0 atom stereocenters. The first-order chi connectivity index (χ1) is 9.48. The Labute approximate surface area is 120 Å². The van der Waals surface area contributed by atoms with E-state index < -0.39 is 5.60 Å². The van der Waals surface area contributed by atoms with Gasteiger partial charge in [-0.3, -0.25) is 4.79 Å². The topological polar surface area (TPSA) is 65.5 Å². The van der Waals surface area contributed by atoms with Crippen LogP contribution in [0.3, 0.4) is 0 Å². The van der Waals surface area contributed by atoms with Crippen molar-refractivity contribution >= 4 is 11.7 Å². The molecule has 2 N–H and O–H groups in total. The lowest BCUT2D eigenvalue weighted by Crippen LogP contribution is -2.34. The maximum Gasteiger partial charge on any atom is 0.223 e. The van der Waals surface area contributed by atoms with Gasteiger partial charge in [0.2, 0.25) is 5.91 Å². The second-order valence-corrected chi connectivity index (χ2v) is 5.77. The number of hydrogen-bond acceptors (Lipinski definition) is 4. The molecular weight excluding hydrogens is 254 g/mol. The van der Waals surface area contributed by atoms with Crippen molar-refractivity contribution in [3.63, 3.8) is 0 Å². The second kappa shape index (κ2) is 6.22. The number of carbonyl (C=O) groups is 1. The Morgan fingerprint density at radius 1 is 1.40 bits per heavy atom. The summed E-state index contributed by atoms with van der Waals surface area (Å²) in [5.74, 6) is 0.762. The third-order valence-electron chi connectivity index (χ3n) is 3.74. The largest absolute Gasteiger partial charge is 0.389 e. The van der Waals surface area contributed by atoms with Crippen molar-refractivity contribution in [2.45, 2.75) is 44.2 Å². The highest BCUT2D eigenvalue weighted by atomic mass is 16.3. The number of amides is 1. The Morgan fingerprint density at radius 3 is 2.75 bits per heavy atom. The zero-order valence-corrected chi connectivity index (χ0v) is 12.2. The van der Waals surface area contributed by atoms with E-state index in [1.54, 1.807) is 0 Å². The van der Waals surface area contributed by atoms with Crippen LogP contribution in [0, 0.1) is 0 Å². The van der Waals surface area contributed by atoms with E-state index in [1.807, 2.05) is 37.2 Å². The molecule has 1 heterocycles. The van der Waals surface area contributed by atoms with Crippen molar-refractivity contribution in [1.29, 1.82) is 0 Å². The fourth-order valence-electron chi connectivity index (χ4n) is 2.57. The molecule has 1 aromatic rings. The molecule has 0 unspecified atom stereocenters. The van der Waals surface area contributed by atoms with Crippen LogP contribution in [0.2, 0.25) is 0 Å². The summed E-state index contributed by atoms with van der Waals surface area (Å²) in [5, 5.41) is 13.0. The zero-order valence-electron chi connectivity index (χ0n) is 12.2. The Bertz CT molecular complexity index is 468. The number of aliphatic hydroxyl groups is 1. The van der Waals surface area contributed by atoms with E-state index in [-0.39, 0.29) is 12.3 Å². The number of carbonyl (C=O) groups excluding carboxylic acids is 1. The van der Waals surface area contributed by atoms with Gasteiger partial charge >= 0.3 is 0 Å². The summed E-state index contributed by atoms with van der Waals surface area (Å²) >= 11 is 0. The third-order valence-corrected chi connectivity index (χ3v) is 3.74. The van der Waals surface area contributed by atoms with Gasteiger partial charge in [-0.2, -0.15) is 0 Å². The van der Waals surface area contributed by atoms with Crippen molar-refractivity contribution in [2.75, 3.05) is 19.0 Å². The molecule has 2 rings (SSSR count). The van der Waals surface area contributed by atoms with Gasteiger partial charge in [-0.25, -0.2) is 4.98 Å². The fraction of sp³-hybridized carbons (Fsp3) is 0.600. The molecule has 0 aliphatic heterocycles. The van der Waals surface area contributed by atoms with Gasteiger partial charge in [-0.15, -0.1) is 0 Å². The van der Waals surface area contributed by atoms with Gasteiger partial charge in [-0.1, -0.05) is 18.9 Å². The molecule has 5 heteroatoms. The molecule has 5 nitrogen and oxygen atoms in total. The van der Waals surface area contributed by atoms with Gasteiger partial charge in [0.1, 0.15) is 5.82 Å². The number of hydrogen-bond donors (Lipinski definition) is 2. The van der Waals surface area contributed by atoms with Crippen LogP contribution in [0.15, 0.2) is 18.2 Å². The molecule has 1 fully saturated rings. The summed E-state index contributed by atoms with van der Waals surface area (Å²) in [6, 6.07) is 5.73. The Balaban J connectivity index is 1.85. The van der Waals surface area contributed by atoms with Gasteiger partial charge < -0.3 is 15.3 Å². The highest BCUT2D eigenvalue weighted by Gasteiger charge is 2.33. The lowest BCUT2D eigenvalue weighted by molar-refractivity contribution is -0.126. The molecule has 110 valence electrons. The van der Waals surface area contributed by atoms with Crippen LogP contribution in [-0.2, 0) is 11.3 Å². The lowest BCUT2D eigenvalue weighted by atomic mass is 9.98. The predicted molar refractivity (Wildman–Crippen MR) is 78.4 cm³/mol. The van der Waals surface area contributed by atoms with Crippen LogP contribution in [0.5, 0.6) is 0 Å². The second-order valence-electron chi connectivity index (χ2n) is 5.77. The number of nitrogens with one attached hydrogen (secondary N) is 1. The van der Waals surface area contributed by atoms with Gasteiger partial charge in [0.05, 0.1) is 24.3 Å². The SMILES string of the molecule is CN(C)c1cccc(CNC(=O)CC2(O)CCCC2)n1. The van der Waals surface area contributed by atoms with E-state index in [9.17, 15) is 9.90 Å². The van der Waals surface area contributed by atoms with Crippen molar-refractivity contribution in [3.8, 4) is 0 Å². The standard InChI is InChI=1S/C15H23N3O2/c1-18(2)13-7-5-6-12(17-13)11-16-14(19)10-15(20)8-3-4-9-15/h5-7,20H,3-4,8-11H2,1-2H3,(H,16,19). The van der Waals surface area contributed by atoms with Crippen LogP contribution in [-0.4, -0.2) is 35.7 Å². The normalized spacial score (nSPS) is 16.9. The third kappa shape index (κ3) is 3.93. The van der Waals surface area contributed by atoms with Crippen molar-refractivity contribution in [3.05, 3.63) is 23.9 Å². The molecule has 1 amide bonds. The molecule has 1 saturated carbocycles. The van der Waals surface area contributed by atoms with Crippen molar-refractivity contribution in [2.24, 2.45) is 0 Å². The number of pyridine rings is 1.